The van der Waals surface area contributed by atoms with E-state index in [1.165, 1.54) is 0 Å². The fourth-order valence-corrected chi connectivity index (χ4v) is 5.01. The number of nitrogens with zero attached hydrogens (tertiary/aromatic N) is 6. The maximum Gasteiger partial charge on any atom is 0.410 e. The second kappa shape index (κ2) is 12.7. The quantitative estimate of drug-likeness (QED) is 0.466. The smallest absolute Gasteiger partial charge is 0.410 e. The highest BCUT2D eigenvalue weighted by molar-refractivity contribution is 5.87. The number of imidazole rings is 1. The lowest BCUT2D eigenvalue weighted by Crippen LogP contribution is -2.44. The van der Waals surface area contributed by atoms with E-state index in [4.69, 9.17) is 9.72 Å². The van der Waals surface area contributed by atoms with Crippen molar-refractivity contribution in [3.05, 3.63) is 30.2 Å². The van der Waals surface area contributed by atoms with Gasteiger partial charge < -0.3 is 30.1 Å². The number of carbonyl (C=O) groups excluding carboxylic acids is 2. The molecule has 2 aromatic heterocycles. The first-order chi connectivity index (χ1) is 18.6. The zero-order valence-corrected chi connectivity index (χ0v) is 24.2. The maximum atomic E-state index is 12.9. The van der Waals surface area contributed by atoms with E-state index in [0.717, 1.165) is 35.8 Å². The van der Waals surface area contributed by atoms with Gasteiger partial charge >= 0.3 is 6.09 Å². The molecule has 4 heterocycles. The molecule has 0 aromatic carbocycles. The Labute approximate surface area is 231 Å². The molecule has 2 aromatic rings. The molecule has 11 nitrogen and oxygen atoms in total. The number of piperidine rings is 1. The zero-order chi connectivity index (χ0) is 28.1. The zero-order valence-electron chi connectivity index (χ0n) is 24.2. The lowest BCUT2D eigenvalue weighted by Gasteiger charge is -2.32. The lowest BCUT2D eigenvalue weighted by molar-refractivity contribution is -0.125. The van der Waals surface area contributed by atoms with Crippen LogP contribution in [-0.2, 0) is 9.53 Å². The summed E-state index contributed by atoms with van der Waals surface area (Å²) >= 11 is 0. The number of aromatic nitrogens is 3. The molecule has 0 saturated carbocycles. The van der Waals surface area contributed by atoms with Gasteiger partial charge in [0, 0.05) is 62.7 Å². The minimum Gasteiger partial charge on any atom is -0.444 e. The summed E-state index contributed by atoms with van der Waals surface area (Å²) in [5, 5.41) is 7.01. The minimum atomic E-state index is -0.297. The molecular formula is C28H44N8O3. The third kappa shape index (κ3) is 7.40. The van der Waals surface area contributed by atoms with Gasteiger partial charge in [-0.2, -0.15) is 0 Å². The van der Waals surface area contributed by atoms with Gasteiger partial charge in [-0.25, -0.2) is 14.8 Å². The number of likely N-dealkylation sites (tertiary alicyclic amines) is 2. The number of hydrogen-bond acceptors (Lipinski definition) is 8. The topological polar surface area (TPSA) is 107 Å². The van der Waals surface area contributed by atoms with Gasteiger partial charge in [0.05, 0.1) is 12.7 Å². The summed E-state index contributed by atoms with van der Waals surface area (Å²) in [7, 11) is 3.92. The van der Waals surface area contributed by atoms with E-state index in [9.17, 15) is 9.59 Å². The van der Waals surface area contributed by atoms with Gasteiger partial charge in [0.15, 0.2) is 11.5 Å². The summed E-state index contributed by atoms with van der Waals surface area (Å²) in [6, 6.07) is 0.431. The van der Waals surface area contributed by atoms with Crippen molar-refractivity contribution in [3.63, 3.8) is 0 Å². The van der Waals surface area contributed by atoms with Crippen LogP contribution in [0.15, 0.2) is 24.5 Å². The second-order valence-corrected chi connectivity index (χ2v) is 11.5. The van der Waals surface area contributed by atoms with Crippen LogP contribution in [0.2, 0.25) is 0 Å². The molecule has 2 N–H and O–H groups in total. The van der Waals surface area contributed by atoms with Crippen LogP contribution in [0, 0.1) is 0 Å². The predicted octanol–water partition coefficient (Wildman–Crippen LogP) is 3.40. The molecule has 39 heavy (non-hydrogen) atoms. The molecule has 11 heteroatoms. The van der Waals surface area contributed by atoms with Crippen molar-refractivity contribution in [1.29, 1.82) is 0 Å². The van der Waals surface area contributed by atoms with Gasteiger partial charge in [-0.1, -0.05) is 19.9 Å². The first-order valence-electron chi connectivity index (χ1n) is 14.1. The molecule has 0 aliphatic carbocycles. The average Bonchev–Trinajstić information content (AvgIpc) is 3.51. The number of anilines is 2. The van der Waals surface area contributed by atoms with Gasteiger partial charge in [-0.05, 0) is 46.7 Å². The molecule has 2 amide bonds. The predicted molar refractivity (Wildman–Crippen MR) is 153 cm³/mol. The van der Waals surface area contributed by atoms with E-state index in [2.05, 4.69) is 47.7 Å². The Hall–Kier alpha value is -3.34. The number of carbonyl (C=O) groups is 2. The van der Waals surface area contributed by atoms with Crippen LogP contribution in [-0.4, -0.2) is 106 Å². The lowest BCUT2D eigenvalue weighted by atomic mass is 10.1. The molecule has 0 bridgehead atoms. The van der Waals surface area contributed by atoms with Gasteiger partial charge in [0.2, 0.25) is 5.91 Å². The minimum absolute atomic E-state index is 0.0318. The summed E-state index contributed by atoms with van der Waals surface area (Å²) < 4.78 is 7.89. The number of likely N-dealkylation sites (N-methyl/N-ethyl adjacent to an activating group) is 1. The van der Waals surface area contributed by atoms with Crippen molar-refractivity contribution >= 4 is 29.3 Å². The Balaban J connectivity index is 1.30. The number of fused-ring (bicyclic) bond motifs is 1. The molecular weight excluding hydrogens is 496 g/mol. The van der Waals surface area contributed by atoms with E-state index in [-0.39, 0.29) is 30.2 Å². The first kappa shape index (κ1) is 28.7. The van der Waals surface area contributed by atoms with Crippen molar-refractivity contribution in [2.75, 3.05) is 57.5 Å². The summed E-state index contributed by atoms with van der Waals surface area (Å²) in [5.41, 5.74) is 1.95. The van der Waals surface area contributed by atoms with Crippen LogP contribution in [0.25, 0.3) is 5.65 Å². The third-order valence-corrected chi connectivity index (χ3v) is 7.10. The molecule has 0 spiro atoms. The Morgan fingerprint density at radius 1 is 1.13 bits per heavy atom. The molecule has 2 aliphatic rings. The van der Waals surface area contributed by atoms with Gasteiger partial charge in [-0.3, -0.25) is 9.20 Å². The third-order valence-electron chi connectivity index (χ3n) is 7.10. The Morgan fingerprint density at radius 2 is 1.85 bits per heavy atom. The molecule has 0 unspecified atom stereocenters. The van der Waals surface area contributed by atoms with Crippen LogP contribution in [0.5, 0.6) is 0 Å². The Morgan fingerprint density at radius 3 is 2.51 bits per heavy atom. The Bertz CT molecular complexity index is 1170. The fourth-order valence-electron chi connectivity index (χ4n) is 5.01. The van der Waals surface area contributed by atoms with Crippen molar-refractivity contribution in [1.82, 2.24) is 29.1 Å². The van der Waals surface area contributed by atoms with E-state index in [1.807, 2.05) is 37.5 Å². The van der Waals surface area contributed by atoms with Crippen LogP contribution in [0.1, 0.15) is 58.6 Å². The normalized spacial score (nSPS) is 18.7. The fraction of sp³-hybridized carbons (Fsp3) is 0.643. The highest BCUT2D eigenvalue weighted by Gasteiger charge is 2.31. The van der Waals surface area contributed by atoms with E-state index < -0.39 is 0 Å². The number of nitrogens with one attached hydrogen (secondary N) is 2. The van der Waals surface area contributed by atoms with Gasteiger partial charge in [0.25, 0.3) is 0 Å². The highest BCUT2D eigenvalue weighted by atomic mass is 16.6. The van der Waals surface area contributed by atoms with Gasteiger partial charge in [0.1, 0.15) is 11.9 Å². The molecule has 2 aliphatic heterocycles. The van der Waals surface area contributed by atoms with Crippen molar-refractivity contribution in [2.45, 2.75) is 71.1 Å². The monoisotopic (exact) mass is 540 g/mol. The summed E-state index contributed by atoms with van der Waals surface area (Å²) in [5.74, 6) is 1.86. The van der Waals surface area contributed by atoms with Crippen molar-refractivity contribution in [3.8, 4) is 0 Å². The first-order valence-corrected chi connectivity index (χ1v) is 14.1. The molecule has 4 rings (SSSR count). The highest BCUT2D eigenvalue weighted by Crippen LogP contribution is 2.26. The van der Waals surface area contributed by atoms with Crippen LogP contribution in [0.3, 0.4) is 0 Å². The number of amides is 2. The van der Waals surface area contributed by atoms with Crippen molar-refractivity contribution < 1.29 is 14.3 Å². The number of ether oxygens (including phenoxy) is 1. The Kier molecular flexibility index (Phi) is 9.32. The van der Waals surface area contributed by atoms with Gasteiger partial charge in [-0.15, -0.1) is 0 Å². The van der Waals surface area contributed by atoms with E-state index >= 15 is 0 Å². The number of rotatable bonds is 9. The van der Waals surface area contributed by atoms with Crippen LogP contribution < -0.4 is 10.6 Å². The largest absolute Gasteiger partial charge is 0.444 e. The molecule has 2 fully saturated rings. The summed E-state index contributed by atoms with van der Waals surface area (Å²) in [6.45, 7) is 11.5. The SMILES string of the molecule is CC(C)Nc1cn2c(C(C)C)cnc2c(NC2CCN(C(=O)O[C@H]3CCN(C(=O)/C=C/CN(C)C)C3)CC2)n1. The summed E-state index contributed by atoms with van der Waals surface area (Å²) in [6.07, 6.45) is 9.07. The molecule has 0 radical (unpaired) electrons. The summed E-state index contributed by atoms with van der Waals surface area (Å²) in [4.78, 5) is 40.2. The second-order valence-electron chi connectivity index (χ2n) is 11.5. The van der Waals surface area contributed by atoms with E-state index in [1.54, 1.807) is 15.9 Å². The molecule has 214 valence electrons. The van der Waals surface area contributed by atoms with Crippen molar-refractivity contribution in [2.24, 2.45) is 0 Å². The van der Waals surface area contributed by atoms with Crippen LogP contribution in [0.4, 0.5) is 16.4 Å². The van der Waals surface area contributed by atoms with E-state index in [0.29, 0.717) is 45.1 Å². The molecule has 2 saturated heterocycles. The maximum absolute atomic E-state index is 12.9. The van der Waals surface area contributed by atoms with Crippen LogP contribution >= 0.6 is 0 Å². The number of hydrogen-bond donors (Lipinski definition) is 2. The molecule has 1 atom stereocenters. The average molecular weight is 541 g/mol. The standard InChI is InChI=1S/C28H44N8O3/c1-19(2)23-16-29-27-26(32-24(18-36(23)27)30-20(3)4)31-21-9-13-34(14-10-21)28(38)39-22-11-15-35(17-22)25(37)8-7-12-33(5)6/h7-8,16,18-22,30H,9-15,17H2,1-6H3,(H,31,32)/b8-7+/t22-/m0/s1.